The standard InChI is InChI=1S/C20H30N6O3S/c1-16-13-19(24(3)4)6-5-17(16)14-22-20(21-2)25-8-10-26(11-9-25)30(27,28)15-18-7-12-29-23-18/h5-7,12-13H,8-11,14-15H2,1-4H3,(H,21,22). The molecule has 1 N–H and O–H groups in total. The molecule has 0 radical (unpaired) electrons. The van der Waals surface area contributed by atoms with Gasteiger partial charge in [0.15, 0.2) is 5.96 Å². The molecule has 1 aliphatic rings. The van der Waals surface area contributed by atoms with Gasteiger partial charge >= 0.3 is 0 Å². The Balaban J connectivity index is 1.55. The second-order valence-electron chi connectivity index (χ2n) is 7.54. The van der Waals surface area contributed by atoms with Gasteiger partial charge in [-0.2, -0.15) is 4.31 Å². The summed E-state index contributed by atoms with van der Waals surface area (Å²) in [5.74, 6) is 0.637. The van der Waals surface area contributed by atoms with Gasteiger partial charge in [-0.3, -0.25) is 4.99 Å². The fraction of sp³-hybridized carbons (Fsp3) is 0.500. The molecule has 3 rings (SSSR count). The topological polar surface area (TPSA) is 94.3 Å². The van der Waals surface area contributed by atoms with E-state index in [0.29, 0.717) is 38.4 Å². The molecule has 9 nitrogen and oxygen atoms in total. The van der Waals surface area contributed by atoms with Crippen molar-refractivity contribution >= 4 is 21.7 Å². The van der Waals surface area contributed by atoms with Crippen molar-refractivity contribution in [1.29, 1.82) is 0 Å². The van der Waals surface area contributed by atoms with Crippen molar-refractivity contribution < 1.29 is 12.9 Å². The lowest BCUT2D eigenvalue weighted by Gasteiger charge is -2.35. The van der Waals surface area contributed by atoms with Crippen LogP contribution in [-0.2, 0) is 22.3 Å². The molecular formula is C20H30N6O3S. The van der Waals surface area contributed by atoms with Crippen molar-refractivity contribution in [1.82, 2.24) is 19.7 Å². The number of piperazine rings is 1. The first-order valence-corrected chi connectivity index (χ1v) is 11.5. The van der Waals surface area contributed by atoms with E-state index in [4.69, 9.17) is 4.52 Å². The summed E-state index contributed by atoms with van der Waals surface area (Å²) in [6.07, 6.45) is 1.38. The van der Waals surface area contributed by atoms with Crippen molar-refractivity contribution in [2.24, 2.45) is 4.99 Å². The Kier molecular flexibility index (Phi) is 6.99. The van der Waals surface area contributed by atoms with Gasteiger partial charge < -0.3 is 19.6 Å². The number of sulfonamides is 1. The fourth-order valence-electron chi connectivity index (χ4n) is 3.43. The predicted octanol–water partition coefficient (Wildman–Crippen LogP) is 1.27. The van der Waals surface area contributed by atoms with Crippen molar-refractivity contribution in [3.8, 4) is 0 Å². The van der Waals surface area contributed by atoms with Crippen molar-refractivity contribution in [2.45, 2.75) is 19.2 Å². The molecule has 0 spiro atoms. The number of nitrogens with zero attached hydrogens (tertiary/aromatic N) is 5. The van der Waals surface area contributed by atoms with Gasteiger partial charge in [0.25, 0.3) is 0 Å². The molecule has 1 fully saturated rings. The molecule has 1 aromatic carbocycles. The number of aliphatic imine (C=N–C) groups is 1. The van der Waals surface area contributed by atoms with Crippen LogP contribution in [-0.4, -0.2) is 76.1 Å². The lowest BCUT2D eigenvalue weighted by atomic mass is 10.1. The van der Waals surface area contributed by atoms with Crippen LogP contribution in [0.25, 0.3) is 0 Å². The third-order valence-electron chi connectivity index (χ3n) is 5.24. The predicted molar refractivity (Wildman–Crippen MR) is 118 cm³/mol. The second-order valence-corrected chi connectivity index (χ2v) is 9.51. The molecule has 1 aromatic heterocycles. The third kappa shape index (κ3) is 5.31. The largest absolute Gasteiger partial charge is 0.378 e. The van der Waals surface area contributed by atoms with Gasteiger partial charge in [0, 0.05) is 65.6 Å². The first-order valence-electron chi connectivity index (χ1n) is 9.89. The zero-order valence-corrected chi connectivity index (χ0v) is 18.8. The zero-order valence-electron chi connectivity index (χ0n) is 18.0. The number of hydrogen-bond donors (Lipinski definition) is 1. The van der Waals surface area contributed by atoms with E-state index in [0.717, 1.165) is 5.96 Å². The number of guanidine groups is 1. The van der Waals surface area contributed by atoms with Crippen LogP contribution in [0.15, 0.2) is 40.0 Å². The highest BCUT2D eigenvalue weighted by Gasteiger charge is 2.29. The number of aryl methyl sites for hydroxylation is 1. The molecule has 2 heterocycles. The normalized spacial score (nSPS) is 16.0. The minimum atomic E-state index is -3.41. The lowest BCUT2D eigenvalue weighted by Crippen LogP contribution is -2.53. The molecule has 2 aromatic rings. The average Bonchev–Trinajstić information content (AvgIpc) is 3.22. The Labute approximate surface area is 178 Å². The van der Waals surface area contributed by atoms with E-state index < -0.39 is 10.0 Å². The zero-order chi connectivity index (χ0) is 21.7. The minimum absolute atomic E-state index is 0.140. The van der Waals surface area contributed by atoms with E-state index in [1.807, 2.05) is 14.1 Å². The number of nitrogens with one attached hydrogen (secondary N) is 1. The van der Waals surface area contributed by atoms with Crippen LogP contribution in [0.2, 0.25) is 0 Å². The quantitative estimate of drug-likeness (QED) is 0.540. The highest BCUT2D eigenvalue weighted by Crippen LogP contribution is 2.17. The summed E-state index contributed by atoms with van der Waals surface area (Å²) >= 11 is 0. The van der Waals surface area contributed by atoms with Gasteiger partial charge in [0.2, 0.25) is 10.0 Å². The van der Waals surface area contributed by atoms with E-state index in [9.17, 15) is 8.42 Å². The van der Waals surface area contributed by atoms with Crippen molar-refractivity contribution in [3.05, 3.63) is 47.3 Å². The van der Waals surface area contributed by atoms with E-state index in [1.54, 1.807) is 13.1 Å². The third-order valence-corrected chi connectivity index (χ3v) is 7.06. The van der Waals surface area contributed by atoms with Crippen LogP contribution in [0.3, 0.4) is 0 Å². The second kappa shape index (κ2) is 9.48. The molecule has 1 saturated heterocycles. The summed E-state index contributed by atoms with van der Waals surface area (Å²) in [5.41, 5.74) is 4.01. The molecule has 0 unspecified atom stereocenters. The maximum absolute atomic E-state index is 12.6. The van der Waals surface area contributed by atoms with Crippen LogP contribution in [0, 0.1) is 6.92 Å². The van der Waals surface area contributed by atoms with E-state index in [2.05, 4.69) is 50.4 Å². The van der Waals surface area contributed by atoms with Gasteiger partial charge in [-0.15, -0.1) is 0 Å². The Morgan fingerprint density at radius 3 is 2.53 bits per heavy atom. The molecule has 1 aliphatic heterocycles. The number of hydrogen-bond acceptors (Lipinski definition) is 6. The summed E-state index contributed by atoms with van der Waals surface area (Å²) in [5, 5.41) is 7.11. The maximum Gasteiger partial charge on any atom is 0.220 e. The van der Waals surface area contributed by atoms with Gasteiger partial charge in [-0.1, -0.05) is 11.2 Å². The Hall–Kier alpha value is -2.59. The van der Waals surface area contributed by atoms with E-state index >= 15 is 0 Å². The maximum atomic E-state index is 12.6. The number of rotatable bonds is 6. The Morgan fingerprint density at radius 1 is 1.23 bits per heavy atom. The Morgan fingerprint density at radius 2 is 1.97 bits per heavy atom. The molecule has 0 aliphatic carbocycles. The number of benzene rings is 1. The average molecular weight is 435 g/mol. The van der Waals surface area contributed by atoms with Gasteiger partial charge in [0.1, 0.15) is 12.0 Å². The van der Waals surface area contributed by atoms with Crippen LogP contribution in [0.1, 0.15) is 16.8 Å². The minimum Gasteiger partial charge on any atom is -0.378 e. The summed E-state index contributed by atoms with van der Waals surface area (Å²) in [6, 6.07) is 7.97. The summed E-state index contributed by atoms with van der Waals surface area (Å²) in [7, 11) is 2.39. The van der Waals surface area contributed by atoms with Crippen LogP contribution in [0.5, 0.6) is 0 Å². The van der Waals surface area contributed by atoms with Crippen molar-refractivity contribution in [3.63, 3.8) is 0 Å². The molecule has 0 bridgehead atoms. The van der Waals surface area contributed by atoms with Crippen molar-refractivity contribution in [2.75, 3.05) is 52.2 Å². The first kappa shape index (κ1) is 22.1. The van der Waals surface area contributed by atoms with Crippen LogP contribution >= 0.6 is 0 Å². The molecule has 164 valence electrons. The number of aromatic nitrogens is 1. The highest BCUT2D eigenvalue weighted by molar-refractivity contribution is 7.88. The molecule has 10 heteroatoms. The van der Waals surface area contributed by atoms with Gasteiger partial charge in [-0.25, -0.2) is 8.42 Å². The monoisotopic (exact) mass is 434 g/mol. The SMILES string of the molecule is CN=C(NCc1ccc(N(C)C)cc1C)N1CCN(S(=O)(=O)Cc2ccon2)CC1. The molecule has 0 atom stereocenters. The van der Waals surface area contributed by atoms with E-state index in [-0.39, 0.29) is 5.75 Å². The number of anilines is 1. The summed E-state index contributed by atoms with van der Waals surface area (Å²) in [4.78, 5) is 8.55. The summed E-state index contributed by atoms with van der Waals surface area (Å²) in [6.45, 7) is 4.75. The smallest absolute Gasteiger partial charge is 0.220 e. The van der Waals surface area contributed by atoms with Crippen LogP contribution in [0.4, 0.5) is 5.69 Å². The van der Waals surface area contributed by atoms with Gasteiger partial charge in [0.05, 0.1) is 5.69 Å². The van der Waals surface area contributed by atoms with Gasteiger partial charge in [-0.05, 0) is 30.2 Å². The molecule has 30 heavy (non-hydrogen) atoms. The highest BCUT2D eigenvalue weighted by atomic mass is 32.2. The van der Waals surface area contributed by atoms with E-state index in [1.165, 1.54) is 27.4 Å². The molecular weight excluding hydrogens is 404 g/mol. The fourth-order valence-corrected chi connectivity index (χ4v) is 4.86. The lowest BCUT2D eigenvalue weighted by molar-refractivity contribution is 0.259. The molecule has 0 amide bonds. The first-order chi connectivity index (χ1) is 14.3. The summed E-state index contributed by atoms with van der Waals surface area (Å²) < 4.78 is 31.4. The Bertz CT molecular complexity index is 964. The van der Waals surface area contributed by atoms with Crippen LogP contribution < -0.4 is 10.2 Å². The molecule has 0 saturated carbocycles.